The molecule has 30 heavy (non-hydrogen) atoms. The maximum absolute atomic E-state index is 2.76. The molecule has 11 atom stereocenters. The second-order valence-corrected chi connectivity index (χ2v) is 14.0. The summed E-state index contributed by atoms with van der Waals surface area (Å²) in [6.07, 6.45) is 15.3. The van der Waals surface area contributed by atoms with E-state index in [4.69, 9.17) is 0 Å². The van der Waals surface area contributed by atoms with Crippen LogP contribution in [-0.2, 0) is 0 Å². The van der Waals surface area contributed by atoms with Gasteiger partial charge in [0.25, 0.3) is 0 Å². The van der Waals surface area contributed by atoms with Gasteiger partial charge in [-0.3, -0.25) is 0 Å². The number of hydrogen-bond donors (Lipinski definition) is 0. The first-order valence-corrected chi connectivity index (χ1v) is 14.1. The van der Waals surface area contributed by atoms with Gasteiger partial charge in [0, 0.05) is 0 Å². The minimum absolute atomic E-state index is 0.644. The summed E-state index contributed by atoms with van der Waals surface area (Å²) in [6, 6.07) is 0. The molecule has 0 nitrogen and oxygen atoms in total. The van der Waals surface area contributed by atoms with Crippen LogP contribution in [0.3, 0.4) is 0 Å². The lowest BCUT2D eigenvalue weighted by Crippen LogP contribution is -2.54. The fraction of sp³-hybridized carbons (Fsp3) is 1.00. The van der Waals surface area contributed by atoms with Crippen LogP contribution >= 0.6 is 0 Å². The van der Waals surface area contributed by atoms with Crippen molar-refractivity contribution in [1.82, 2.24) is 0 Å². The zero-order valence-electron chi connectivity index (χ0n) is 21.8. The highest BCUT2D eigenvalue weighted by atomic mass is 14.7. The minimum atomic E-state index is 0.644. The van der Waals surface area contributed by atoms with Crippen LogP contribution in [0.5, 0.6) is 0 Å². The molecule has 4 fully saturated rings. The topological polar surface area (TPSA) is 0 Å². The molecule has 0 radical (unpaired) electrons. The second-order valence-electron chi connectivity index (χ2n) is 14.0. The van der Waals surface area contributed by atoms with Gasteiger partial charge in [0.1, 0.15) is 0 Å². The highest BCUT2D eigenvalue weighted by molar-refractivity contribution is 5.09. The lowest BCUT2D eigenvalue weighted by atomic mass is 9.43. The van der Waals surface area contributed by atoms with Crippen molar-refractivity contribution in [2.75, 3.05) is 0 Å². The smallest absolute Gasteiger partial charge is 0.0264 e. The minimum Gasteiger partial charge on any atom is -0.0625 e. The standard InChI is InChI=1S/C30H54/c1-19(2)23(6)21(4)18-22(5)26-13-14-27-24-11-12-25-20(3)10-9-16-29(25,7)28(24)15-17-30(26,27)8/h19-28H,9-18H2,1-8H3/t20?,21?,22-,23?,24+,25?,26-,27+,28+,29+,30-/m1/s1. The van der Waals surface area contributed by atoms with E-state index in [0.717, 1.165) is 59.2 Å². The number of rotatable bonds is 5. The van der Waals surface area contributed by atoms with E-state index < -0.39 is 0 Å². The molecule has 0 bridgehead atoms. The molecule has 0 aromatic carbocycles. The van der Waals surface area contributed by atoms with E-state index in [2.05, 4.69) is 55.4 Å². The Bertz CT molecular complexity index is 591. The summed E-state index contributed by atoms with van der Waals surface area (Å²) in [7, 11) is 0. The van der Waals surface area contributed by atoms with Gasteiger partial charge in [-0.05, 0) is 121 Å². The molecule has 174 valence electrons. The first-order valence-electron chi connectivity index (χ1n) is 14.1. The maximum atomic E-state index is 2.76. The van der Waals surface area contributed by atoms with E-state index in [1.807, 2.05) is 0 Å². The third kappa shape index (κ3) is 3.63. The first kappa shape index (κ1) is 23.2. The van der Waals surface area contributed by atoms with Crippen molar-refractivity contribution in [2.45, 2.75) is 120 Å². The van der Waals surface area contributed by atoms with Gasteiger partial charge < -0.3 is 0 Å². The average Bonchev–Trinajstić information content (AvgIpc) is 3.04. The van der Waals surface area contributed by atoms with Gasteiger partial charge in [0.05, 0.1) is 0 Å². The maximum Gasteiger partial charge on any atom is -0.0264 e. The van der Waals surface area contributed by atoms with Gasteiger partial charge >= 0.3 is 0 Å². The molecular weight excluding hydrogens is 360 g/mol. The summed E-state index contributed by atoms with van der Waals surface area (Å²) in [5.41, 5.74) is 1.32. The molecule has 0 saturated heterocycles. The molecule has 0 aliphatic heterocycles. The zero-order valence-corrected chi connectivity index (χ0v) is 21.8. The van der Waals surface area contributed by atoms with E-state index in [1.54, 1.807) is 32.1 Å². The summed E-state index contributed by atoms with van der Waals surface area (Å²) < 4.78 is 0. The monoisotopic (exact) mass is 414 g/mol. The van der Waals surface area contributed by atoms with Crippen molar-refractivity contribution >= 4 is 0 Å². The Morgan fingerprint density at radius 3 is 2.10 bits per heavy atom. The summed E-state index contributed by atoms with van der Waals surface area (Å²) in [6.45, 7) is 20.6. The molecule has 4 unspecified atom stereocenters. The Hall–Kier alpha value is 0. The Balaban J connectivity index is 1.49. The van der Waals surface area contributed by atoms with E-state index in [-0.39, 0.29) is 0 Å². The summed E-state index contributed by atoms with van der Waals surface area (Å²) in [4.78, 5) is 0. The van der Waals surface area contributed by atoms with Crippen LogP contribution in [0.2, 0.25) is 0 Å². The largest absolute Gasteiger partial charge is 0.0625 e. The quantitative estimate of drug-likeness (QED) is 0.420. The van der Waals surface area contributed by atoms with Crippen molar-refractivity contribution in [3.63, 3.8) is 0 Å². The van der Waals surface area contributed by atoms with Crippen molar-refractivity contribution in [3.8, 4) is 0 Å². The van der Waals surface area contributed by atoms with E-state index in [9.17, 15) is 0 Å². The molecule has 0 aromatic heterocycles. The van der Waals surface area contributed by atoms with Gasteiger partial charge in [-0.1, -0.05) is 68.2 Å². The van der Waals surface area contributed by atoms with Crippen LogP contribution in [0.1, 0.15) is 120 Å². The molecule has 4 aliphatic rings. The third-order valence-electron chi connectivity index (χ3n) is 12.5. The van der Waals surface area contributed by atoms with Crippen molar-refractivity contribution in [3.05, 3.63) is 0 Å². The molecule has 0 amide bonds. The van der Waals surface area contributed by atoms with Crippen LogP contribution in [0.15, 0.2) is 0 Å². The fourth-order valence-electron chi connectivity index (χ4n) is 10.4. The molecule has 0 heteroatoms. The van der Waals surface area contributed by atoms with Crippen LogP contribution in [0.4, 0.5) is 0 Å². The molecule has 0 N–H and O–H groups in total. The number of fused-ring (bicyclic) bond motifs is 5. The van der Waals surface area contributed by atoms with Crippen LogP contribution in [0.25, 0.3) is 0 Å². The van der Waals surface area contributed by atoms with Crippen molar-refractivity contribution in [1.29, 1.82) is 0 Å². The van der Waals surface area contributed by atoms with Crippen LogP contribution in [-0.4, -0.2) is 0 Å². The van der Waals surface area contributed by atoms with Crippen molar-refractivity contribution in [2.24, 2.45) is 70.0 Å². The van der Waals surface area contributed by atoms with Gasteiger partial charge in [-0.25, -0.2) is 0 Å². The lowest BCUT2D eigenvalue weighted by Gasteiger charge is -2.62. The van der Waals surface area contributed by atoms with Gasteiger partial charge in [-0.2, -0.15) is 0 Å². The molecule has 4 rings (SSSR count). The fourth-order valence-corrected chi connectivity index (χ4v) is 10.4. The Morgan fingerprint density at radius 1 is 0.733 bits per heavy atom. The van der Waals surface area contributed by atoms with E-state index >= 15 is 0 Å². The average molecular weight is 415 g/mol. The van der Waals surface area contributed by atoms with Gasteiger partial charge in [-0.15, -0.1) is 0 Å². The van der Waals surface area contributed by atoms with E-state index in [0.29, 0.717) is 10.8 Å². The summed E-state index contributed by atoms with van der Waals surface area (Å²) in [5, 5.41) is 0. The number of hydrogen-bond acceptors (Lipinski definition) is 0. The molecular formula is C30H54. The highest BCUT2D eigenvalue weighted by Gasteiger charge is 2.60. The molecule has 0 heterocycles. The van der Waals surface area contributed by atoms with E-state index in [1.165, 1.54) is 32.1 Å². The highest BCUT2D eigenvalue weighted by Crippen LogP contribution is 2.69. The predicted molar refractivity (Wildman–Crippen MR) is 131 cm³/mol. The molecule has 0 spiro atoms. The van der Waals surface area contributed by atoms with Gasteiger partial charge in [0.15, 0.2) is 0 Å². The third-order valence-corrected chi connectivity index (χ3v) is 12.5. The molecule has 4 aliphatic carbocycles. The zero-order chi connectivity index (χ0) is 21.8. The normalized spacial score (nSPS) is 49.1. The van der Waals surface area contributed by atoms with Crippen molar-refractivity contribution < 1.29 is 0 Å². The summed E-state index contributed by atoms with van der Waals surface area (Å²) >= 11 is 0. The Morgan fingerprint density at radius 2 is 1.40 bits per heavy atom. The molecule has 0 aromatic rings. The SMILES string of the molecule is CC(C)C(C)C(C)C[C@@H](C)[C@H]1CC[C@H]2[C@@H]3CCC4C(C)CCC[C@]4(C)[C@H]3CC[C@]12C. The first-order chi connectivity index (χ1) is 14.1. The Kier molecular flexibility index (Phi) is 6.49. The van der Waals surface area contributed by atoms with Crippen LogP contribution in [0, 0.1) is 70.0 Å². The second kappa shape index (κ2) is 8.41. The van der Waals surface area contributed by atoms with Crippen LogP contribution < -0.4 is 0 Å². The lowest BCUT2D eigenvalue weighted by molar-refractivity contribution is -0.127. The summed E-state index contributed by atoms with van der Waals surface area (Å²) in [5.74, 6) is 9.61. The molecule has 4 saturated carbocycles. The predicted octanol–water partition coefficient (Wildman–Crippen LogP) is 9.24. The Labute approximate surface area is 189 Å². The van der Waals surface area contributed by atoms with Gasteiger partial charge in [0.2, 0.25) is 0 Å².